The highest BCUT2D eigenvalue weighted by Gasteiger charge is 2.76. The van der Waals surface area contributed by atoms with Gasteiger partial charge < -0.3 is 29.7 Å². The highest BCUT2D eigenvalue weighted by atomic mass is 16.6. The fourth-order valence-electron chi connectivity index (χ4n) is 7.46. The molecule has 10 nitrogen and oxygen atoms in total. The summed E-state index contributed by atoms with van der Waals surface area (Å²) in [6.07, 6.45) is 4.11. The second kappa shape index (κ2) is 14.5. The Morgan fingerprint density at radius 3 is 2.48 bits per heavy atom. The van der Waals surface area contributed by atoms with E-state index in [1.165, 1.54) is 4.90 Å². The third kappa shape index (κ3) is 6.93. The molecular formula is C36H51N3O7. The average molecular weight is 638 g/mol. The quantitative estimate of drug-likeness (QED) is 0.220. The van der Waals surface area contributed by atoms with Crippen molar-refractivity contribution in [3.63, 3.8) is 0 Å². The van der Waals surface area contributed by atoms with Crippen LogP contribution in [0.2, 0.25) is 0 Å². The second-order valence-electron chi connectivity index (χ2n) is 14.1. The summed E-state index contributed by atoms with van der Waals surface area (Å²) in [5, 5.41) is 13.4. The van der Waals surface area contributed by atoms with Crippen LogP contribution in [-0.4, -0.2) is 87.6 Å². The van der Waals surface area contributed by atoms with Gasteiger partial charge in [0.15, 0.2) is 0 Å². The minimum absolute atomic E-state index is 0.0596. The molecule has 1 spiro atoms. The smallest absolute Gasteiger partial charge is 0.313 e. The van der Waals surface area contributed by atoms with Crippen molar-refractivity contribution in [2.45, 2.75) is 102 Å². The number of hydrogen-bond acceptors (Lipinski definition) is 7. The molecule has 3 amide bonds. The third-order valence-electron chi connectivity index (χ3n) is 9.47. The summed E-state index contributed by atoms with van der Waals surface area (Å²) in [6, 6.07) is 7.50. The normalized spacial score (nSPS) is 26.4. The summed E-state index contributed by atoms with van der Waals surface area (Å²) in [5.41, 5.74) is -1.12. The summed E-state index contributed by atoms with van der Waals surface area (Å²) in [7, 11) is 0. The van der Waals surface area contributed by atoms with Crippen molar-refractivity contribution in [2.24, 2.45) is 17.8 Å². The Balaban J connectivity index is 1.70. The van der Waals surface area contributed by atoms with E-state index in [9.17, 15) is 24.3 Å². The number of ether oxygens (including phenoxy) is 2. The number of fused-ring (bicyclic) bond motifs is 1. The van der Waals surface area contributed by atoms with Crippen LogP contribution >= 0.6 is 0 Å². The van der Waals surface area contributed by atoms with Gasteiger partial charge in [-0.3, -0.25) is 19.2 Å². The van der Waals surface area contributed by atoms with Gasteiger partial charge in [0, 0.05) is 18.5 Å². The van der Waals surface area contributed by atoms with Crippen molar-refractivity contribution in [1.82, 2.24) is 15.1 Å². The van der Waals surface area contributed by atoms with Crippen molar-refractivity contribution in [3.8, 4) is 0 Å². The first-order chi connectivity index (χ1) is 21.8. The zero-order chi connectivity index (χ0) is 33.8. The van der Waals surface area contributed by atoms with E-state index >= 15 is 0 Å². The molecule has 0 aromatic heterocycles. The maximum Gasteiger partial charge on any atom is 0.313 e. The molecule has 3 heterocycles. The maximum absolute atomic E-state index is 14.6. The Labute approximate surface area is 273 Å². The number of aliphatic hydroxyl groups excluding tert-OH is 1. The van der Waals surface area contributed by atoms with Crippen molar-refractivity contribution < 1.29 is 33.8 Å². The van der Waals surface area contributed by atoms with Crippen molar-refractivity contribution in [2.75, 3.05) is 19.7 Å². The minimum Gasteiger partial charge on any atom is -0.455 e. The van der Waals surface area contributed by atoms with E-state index in [2.05, 4.69) is 18.5 Å². The van der Waals surface area contributed by atoms with E-state index in [1.54, 1.807) is 17.1 Å². The molecule has 0 aliphatic carbocycles. The number of likely N-dealkylation sites (tertiary alicyclic amines) is 1. The predicted octanol–water partition coefficient (Wildman–Crippen LogP) is 3.95. The number of rotatable bonds is 15. The molecule has 3 fully saturated rings. The first-order valence-electron chi connectivity index (χ1n) is 16.5. The molecule has 0 radical (unpaired) electrons. The van der Waals surface area contributed by atoms with E-state index in [-0.39, 0.29) is 49.8 Å². The first-order valence-corrected chi connectivity index (χ1v) is 16.5. The van der Waals surface area contributed by atoms with Gasteiger partial charge in [-0.2, -0.15) is 0 Å². The molecule has 2 N–H and O–H groups in total. The first kappa shape index (κ1) is 35.4. The van der Waals surface area contributed by atoms with Gasteiger partial charge in [0.25, 0.3) is 0 Å². The van der Waals surface area contributed by atoms with Crippen LogP contribution in [0, 0.1) is 17.8 Å². The Morgan fingerprint density at radius 2 is 1.89 bits per heavy atom. The van der Waals surface area contributed by atoms with E-state index < -0.39 is 53.2 Å². The zero-order valence-corrected chi connectivity index (χ0v) is 27.9. The molecular weight excluding hydrogens is 586 g/mol. The van der Waals surface area contributed by atoms with Gasteiger partial charge in [0.1, 0.15) is 17.7 Å². The number of esters is 1. The topological polar surface area (TPSA) is 125 Å². The molecule has 10 heteroatoms. The lowest BCUT2D eigenvalue weighted by Crippen LogP contribution is -2.61. The molecule has 1 aromatic rings. The number of aliphatic hydroxyl groups is 1. The van der Waals surface area contributed by atoms with Gasteiger partial charge in [-0.25, -0.2) is 0 Å². The van der Waals surface area contributed by atoms with Crippen molar-refractivity contribution in [3.05, 3.63) is 61.2 Å². The molecule has 0 unspecified atom stereocenters. The standard InChI is InChI=1S/C36H51N3O7/c1-8-10-16-28(41)37-21-27(24-14-12-11-13-15-24)45-34(44)29-26-17-18-36(46-26)30(29)32(42)39(25(22-40)20-23(3)4)31(36)33(43)38(19-9-2)35(5,6)7/h8-9,11-15,23,25-27,29-31,40H,1-2,10,16-22H2,3-7H3,(H,37,41)/t25-,26+,27+,29-,30-,31+,36-/m1/s1. The van der Waals surface area contributed by atoms with Gasteiger partial charge in [0.2, 0.25) is 17.7 Å². The fraction of sp³-hybridized carbons (Fsp3) is 0.611. The van der Waals surface area contributed by atoms with E-state index in [1.807, 2.05) is 65.0 Å². The Bertz CT molecular complexity index is 1290. The number of nitrogens with zero attached hydrogens (tertiary/aromatic N) is 2. The highest BCUT2D eigenvalue weighted by Crippen LogP contribution is 2.59. The van der Waals surface area contributed by atoms with Crippen LogP contribution in [0.1, 0.15) is 78.4 Å². The van der Waals surface area contributed by atoms with Crippen LogP contribution in [0.3, 0.4) is 0 Å². The minimum atomic E-state index is -1.24. The van der Waals surface area contributed by atoms with E-state index in [0.717, 1.165) is 0 Å². The molecule has 2 bridgehead atoms. The lowest BCUT2D eigenvalue weighted by molar-refractivity contribution is -0.161. The third-order valence-corrected chi connectivity index (χ3v) is 9.47. The van der Waals surface area contributed by atoms with Gasteiger partial charge in [-0.15, -0.1) is 13.2 Å². The van der Waals surface area contributed by atoms with Gasteiger partial charge in [-0.05, 0) is 57.9 Å². The fourth-order valence-corrected chi connectivity index (χ4v) is 7.46. The van der Waals surface area contributed by atoms with Gasteiger partial charge in [-0.1, -0.05) is 56.3 Å². The molecule has 4 rings (SSSR count). The maximum atomic E-state index is 14.6. The van der Waals surface area contributed by atoms with Crippen molar-refractivity contribution in [1.29, 1.82) is 0 Å². The molecule has 7 atom stereocenters. The Morgan fingerprint density at radius 1 is 1.20 bits per heavy atom. The summed E-state index contributed by atoms with van der Waals surface area (Å²) < 4.78 is 12.7. The molecule has 0 saturated carbocycles. The molecule has 3 aliphatic heterocycles. The number of allylic oxidation sites excluding steroid dienone is 1. The van der Waals surface area contributed by atoms with E-state index in [0.29, 0.717) is 31.2 Å². The molecule has 1 aromatic carbocycles. The van der Waals surface area contributed by atoms with Gasteiger partial charge in [0.05, 0.1) is 37.1 Å². The summed E-state index contributed by atoms with van der Waals surface area (Å²) >= 11 is 0. The van der Waals surface area contributed by atoms with Crippen molar-refractivity contribution >= 4 is 23.7 Å². The predicted molar refractivity (Wildman–Crippen MR) is 174 cm³/mol. The molecule has 3 saturated heterocycles. The lowest BCUT2D eigenvalue weighted by atomic mass is 9.70. The van der Waals surface area contributed by atoms with Crippen LogP contribution in [0.25, 0.3) is 0 Å². The Hall–Kier alpha value is -3.50. The number of amides is 3. The number of benzene rings is 1. The molecule has 252 valence electrons. The summed E-state index contributed by atoms with van der Waals surface area (Å²) in [5.74, 6) is -3.20. The van der Waals surface area contributed by atoms with Crippen LogP contribution in [0.15, 0.2) is 55.6 Å². The van der Waals surface area contributed by atoms with Crippen LogP contribution < -0.4 is 5.32 Å². The number of hydrogen-bond donors (Lipinski definition) is 2. The van der Waals surface area contributed by atoms with E-state index in [4.69, 9.17) is 9.47 Å². The number of carbonyl (C=O) groups excluding carboxylic acids is 4. The monoisotopic (exact) mass is 637 g/mol. The van der Waals surface area contributed by atoms with Crippen LogP contribution in [0.5, 0.6) is 0 Å². The van der Waals surface area contributed by atoms with Gasteiger partial charge >= 0.3 is 5.97 Å². The number of carbonyl (C=O) groups is 4. The number of nitrogens with one attached hydrogen (secondary N) is 1. The zero-order valence-electron chi connectivity index (χ0n) is 27.9. The molecule has 3 aliphatic rings. The summed E-state index contributed by atoms with van der Waals surface area (Å²) in [4.78, 5) is 58.9. The largest absolute Gasteiger partial charge is 0.455 e. The average Bonchev–Trinajstić information content (AvgIpc) is 3.66. The second-order valence-corrected chi connectivity index (χ2v) is 14.1. The Kier molecular flexibility index (Phi) is 11.2. The highest BCUT2D eigenvalue weighted by molar-refractivity contribution is 5.98. The van der Waals surface area contributed by atoms with Crippen LogP contribution in [0.4, 0.5) is 0 Å². The SMILES string of the molecule is C=CCCC(=O)NC[C@H](OC(=O)[C@@H]1[C@@H]2CC[C@]3(O2)[C@H](C(=O)N(CC=C)C(C)(C)C)N([C@@H](CO)CC(C)C)C(=O)[C@@H]13)c1ccccc1. The van der Waals surface area contributed by atoms with Crippen LogP contribution in [-0.2, 0) is 28.7 Å². The lowest BCUT2D eigenvalue weighted by Gasteiger charge is -2.43. The molecule has 46 heavy (non-hydrogen) atoms. The summed E-state index contributed by atoms with van der Waals surface area (Å²) in [6.45, 7) is 17.3.